The highest BCUT2D eigenvalue weighted by Crippen LogP contribution is 2.59. The van der Waals surface area contributed by atoms with Crippen molar-refractivity contribution in [3.8, 4) is 0 Å². The quantitative estimate of drug-likeness (QED) is 0.732. The third-order valence-corrected chi connectivity index (χ3v) is 3.82. The summed E-state index contributed by atoms with van der Waals surface area (Å²) in [5.74, 6) is 0.465. The fourth-order valence-corrected chi connectivity index (χ4v) is 2.82. The second kappa shape index (κ2) is 3.89. The Morgan fingerprint density at radius 1 is 0.882 bits per heavy atom. The van der Waals surface area contributed by atoms with Crippen molar-refractivity contribution >= 4 is 0 Å². The molecule has 0 N–H and O–H groups in total. The van der Waals surface area contributed by atoms with Crippen molar-refractivity contribution in [2.75, 3.05) is 0 Å². The Bertz CT molecular complexity index is 471. The number of benzene rings is 2. The molecule has 1 aliphatic rings. The molecular formula is C17H15. The predicted molar refractivity (Wildman–Crippen MR) is 70.6 cm³/mol. The Hall–Kier alpha value is -1.82. The van der Waals surface area contributed by atoms with Crippen molar-refractivity contribution in [3.63, 3.8) is 0 Å². The topological polar surface area (TPSA) is 0 Å². The molecule has 1 atom stereocenters. The van der Waals surface area contributed by atoms with Crippen molar-refractivity contribution in [1.82, 2.24) is 0 Å². The lowest BCUT2D eigenvalue weighted by Crippen LogP contribution is -2.11. The summed E-state index contributed by atoms with van der Waals surface area (Å²) in [6, 6.07) is 21.4. The van der Waals surface area contributed by atoms with E-state index in [0.717, 1.165) is 6.42 Å². The third-order valence-electron chi connectivity index (χ3n) is 3.82. The van der Waals surface area contributed by atoms with Gasteiger partial charge in [0.1, 0.15) is 0 Å². The normalized spacial score (nSPS) is 20.8. The zero-order valence-corrected chi connectivity index (χ0v) is 9.71. The van der Waals surface area contributed by atoms with Gasteiger partial charge in [-0.25, -0.2) is 0 Å². The first-order valence-electron chi connectivity index (χ1n) is 6.04. The highest BCUT2D eigenvalue weighted by atomic mass is 14.6. The average Bonchev–Trinajstić information content (AvgIpc) is 3.17. The van der Waals surface area contributed by atoms with Gasteiger partial charge in [0.05, 0.1) is 0 Å². The summed E-state index contributed by atoms with van der Waals surface area (Å²) in [5, 5.41) is 0. The van der Waals surface area contributed by atoms with Crippen LogP contribution >= 0.6 is 0 Å². The third kappa shape index (κ3) is 1.52. The van der Waals surface area contributed by atoms with Crippen LogP contribution in [0.5, 0.6) is 0 Å². The van der Waals surface area contributed by atoms with Crippen LogP contribution in [0.3, 0.4) is 0 Å². The predicted octanol–water partition coefficient (Wildman–Crippen LogP) is 3.98. The van der Waals surface area contributed by atoms with Gasteiger partial charge in [-0.15, -0.1) is 0 Å². The van der Waals surface area contributed by atoms with E-state index in [1.807, 2.05) is 6.08 Å². The second-order valence-corrected chi connectivity index (χ2v) is 4.71. The first-order valence-corrected chi connectivity index (χ1v) is 6.04. The van der Waals surface area contributed by atoms with Crippen LogP contribution in [0.2, 0.25) is 0 Å². The Morgan fingerprint density at radius 2 is 1.35 bits per heavy atom. The molecule has 17 heavy (non-hydrogen) atoms. The number of allylic oxidation sites excluding steroid dienone is 1. The number of hydrogen-bond donors (Lipinski definition) is 0. The maximum absolute atomic E-state index is 5.76. The van der Waals surface area contributed by atoms with Gasteiger partial charge in [0.15, 0.2) is 0 Å². The molecule has 83 valence electrons. The first kappa shape index (κ1) is 10.3. The monoisotopic (exact) mass is 219 g/mol. The van der Waals surface area contributed by atoms with Crippen molar-refractivity contribution in [3.05, 3.63) is 84.4 Å². The molecule has 0 aromatic heterocycles. The molecular weight excluding hydrogens is 204 g/mol. The molecule has 3 rings (SSSR count). The van der Waals surface area contributed by atoms with Crippen molar-refractivity contribution in [1.29, 1.82) is 0 Å². The minimum atomic E-state index is 0.122. The molecule has 1 fully saturated rings. The minimum absolute atomic E-state index is 0.122. The van der Waals surface area contributed by atoms with Gasteiger partial charge in [0, 0.05) is 5.41 Å². The molecule has 2 aromatic rings. The van der Waals surface area contributed by atoms with E-state index in [4.69, 9.17) is 6.58 Å². The van der Waals surface area contributed by atoms with Gasteiger partial charge in [-0.2, -0.15) is 0 Å². The van der Waals surface area contributed by atoms with E-state index in [9.17, 15) is 0 Å². The fourth-order valence-electron chi connectivity index (χ4n) is 2.82. The molecule has 1 radical (unpaired) electrons. The van der Waals surface area contributed by atoms with Crippen molar-refractivity contribution in [2.24, 2.45) is 5.92 Å². The molecule has 0 saturated heterocycles. The molecule has 2 aromatic carbocycles. The molecule has 0 nitrogen and oxygen atoms in total. The molecule has 1 unspecified atom stereocenters. The van der Waals surface area contributed by atoms with E-state index in [-0.39, 0.29) is 5.41 Å². The summed E-state index contributed by atoms with van der Waals surface area (Å²) in [5.41, 5.74) is 2.87. The van der Waals surface area contributed by atoms with Gasteiger partial charge in [0.25, 0.3) is 0 Å². The Kier molecular flexibility index (Phi) is 2.36. The van der Waals surface area contributed by atoms with Gasteiger partial charge in [-0.1, -0.05) is 73.3 Å². The zero-order chi connectivity index (χ0) is 11.7. The summed E-state index contributed by atoms with van der Waals surface area (Å²) in [7, 11) is 0. The molecule has 0 bridgehead atoms. The van der Waals surface area contributed by atoms with Crippen LogP contribution < -0.4 is 0 Å². The van der Waals surface area contributed by atoms with E-state index >= 15 is 0 Å². The Morgan fingerprint density at radius 3 is 1.71 bits per heavy atom. The van der Waals surface area contributed by atoms with Crippen LogP contribution in [0.25, 0.3) is 0 Å². The van der Waals surface area contributed by atoms with Crippen molar-refractivity contribution < 1.29 is 0 Å². The number of hydrogen-bond acceptors (Lipinski definition) is 0. The lowest BCUT2D eigenvalue weighted by Gasteiger charge is -2.17. The molecule has 0 heteroatoms. The van der Waals surface area contributed by atoms with Crippen LogP contribution in [0.1, 0.15) is 17.5 Å². The summed E-state index contributed by atoms with van der Waals surface area (Å²) >= 11 is 0. The average molecular weight is 219 g/mol. The minimum Gasteiger partial charge on any atom is -0.0802 e. The molecule has 0 amide bonds. The molecule has 1 saturated carbocycles. The molecule has 0 spiro atoms. The smallest absolute Gasteiger partial charge is 0.0272 e. The largest absolute Gasteiger partial charge is 0.0802 e. The zero-order valence-electron chi connectivity index (χ0n) is 9.71. The van der Waals surface area contributed by atoms with Gasteiger partial charge >= 0.3 is 0 Å². The molecule has 1 aliphatic carbocycles. The maximum Gasteiger partial charge on any atom is 0.0272 e. The lowest BCUT2D eigenvalue weighted by atomic mass is 9.86. The highest BCUT2D eigenvalue weighted by molar-refractivity contribution is 5.48. The highest BCUT2D eigenvalue weighted by Gasteiger charge is 2.54. The summed E-state index contributed by atoms with van der Waals surface area (Å²) < 4.78 is 0. The van der Waals surface area contributed by atoms with E-state index in [1.165, 1.54) is 11.1 Å². The van der Waals surface area contributed by atoms with E-state index in [2.05, 4.69) is 60.7 Å². The summed E-state index contributed by atoms with van der Waals surface area (Å²) in [4.78, 5) is 0. The molecule has 0 heterocycles. The summed E-state index contributed by atoms with van der Waals surface area (Å²) in [6.45, 7) is 5.76. The van der Waals surface area contributed by atoms with Crippen LogP contribution in [0.15, 0.2) is 66.7 Å². The molecule has 0 aliphatic heterocycles. The fraction of sp³-hybridized carbons (Fsp3) is 0.176. The van der Waals surface area contributed by atoms with Gasteiger partial charge in [-0.3, -0.25) is 0 Å². The Labute approximate surface area is 103 Å². The summed E-state index contributed by atoms with van der Waals surface area (Å²) in [6.07, 6.45) is 2.97. The van der Waals surface area contributed by atoms with Gasteiger partial charge < -0.3 is 0 Å². The van der Waals surface area contributed by atoms with Crippen LogP contribution in [0.4, 0.5) is 0 Å². The first-order chi connectivity index (χ1) is 8.38. The van der Waals surface area contributed by atoms with E-state index in [0.29, 0.717) is 5.92 Å². The SMILES string of the molecule is [CH]=CC1CC1(c1ccccc1)c1ccccc1. The van der Waals surface area contributed by atoms with E-state index < -0.39 is 0 Å². The second-order valence-electron chi connectivity index (χ2n) is 4.71. The van der Waals surface area contributed by atoms with Gasteiger partial charge in [0.2, 0.25) is 0 Å². The van der Waals surface area contributed by atoms with Gasteiger partial charge in [-0.05, 0) is 23.5 Å². The maximum atomic E-state index is 5.76. The van der Waals surface area contributed by atoms with Crippen LogP contribution in [-0.2, 0) is 5.41 Å². The van der Waals surface area contributed by atoms with E-state index in [1.54, 1.807) is 0 Å². The van der Waals surface area contributed by atoms with Crippen LogP contribution in [0, 0.1) is 12.5 Å². The Balaban J connectivity index is 2.11. The number of rotatable bonds is 3. The van der Waals surface area contributed by atoms with Crippen LogP contribution in [-0.4, -0.2) is 0 Å². The lowest BCUT2D eigenvalue weighted by molar-refractivity contribution is 0.790. The van der Waals surface area contributed by atoms with Crippen molar-refractivity contribution in [2.45, 2.75) is 11.8 Å². The standard InChI is InChI=1S/C17H15/c1-2-14-13-17(14,15-9-5-3-6-10-15)16-11-7-4-8-12-16/h1-12,14H,13H2.